The van der Waals surface area contributed by atoms with Gasteiger partial charge in [-0.05, 0) is 38.8 Å². The second-order valence-electron chi connectivity index (χ2n) is 5.14. The van der Waals surface area contributed by atoms with Crippen LogP contribution in [0.1, 0.15) is 48.1 Å². The number of pyridine rings is 1. The van der Waals surface area contributed by atoms with Crippen LogP contribution in [-0.4, -0.2) is 9.38 Å². The van der Waals surface area contributed by atoms with E-state index >= 15 is 0 Å². The number of imidazole rings is 1. The monoisotopic (exact) mass is 231 g/mol. The highest BCUT2D eigenvalue weighted by atomic mass is 15.1. The van der Waals surface area contributed by atoms with E-state index in [1.54, 1.807) is 0 Å². The van der Waals surface area contributed by atoms with E-state index < -0.39 is 0 Å². The van der Waals surface area contributed by atoms with Gasteiger partial charge in [-0.15, -0.1) is 0 Å². The highest BCUT2D eigenvalue weighted by Crippen LogP contribution is 2.30. The van der Waals surface area contributed by atoms with Crippen LogP contribution in [0.15, 0.2) is 0 Å². The number of nitrogens with two attached hydrogens (primary N) is 1. The van der Waals surface area contributed by atoms with E-state index in [1.165, 1.54) is 16.8 Å². The summed E-state index contributed by atoms with van der Waals surface area (Å²) in [5, 5.41) is 0. The first-order valence-corrected chi connectivity index (χ1v) is 6.10. The second-order valence-corrected chi connectivity index (χ2v) is 5.14. The van der Waals surface area contributed by atoms with E-state index in [0.717, 1.165) is 22.7 Å². The first-order valence-electron chi connectivity index (χ1n) is 6.10. The van der Waals surface area contributed by atoms with E-state index in [1.807, 2.05) is 6.92 Å². The van der Waals surface area contributed by atoms with E-state index in [-0.39, 0.29) is 0 Å². The Morgan fingerprint density at radius 3 is 2.18 bits per heavy atom. The van der Waals surface area contributed by atoms with Gasteiger partial charge in [-0.2, -0.15) is 0 Å². The Labute approximate surface area is 103 Å². The standard InChI is InChI=1S/C14H21N3/c1-7(2)14-16-10(5)13-12(15)9(4)8(3)11(6)17(13)14/h7H,15H2,1-6H3. The van der Waals surface area contributed by atoms with E-state index in [4.69, 9.17) is 5.73 Å². The summed E-state index contributed by atoms with van der Waals surface area (Å²) in [7, 11) is 0. The average Bonchev–Trinajstić information content (AvgIpc) is 2.61. The molecule has 0 amide bonds. The SMILES string of the molecule is Cc1c(C)c(C)n2c(C(C)C)nc(C)c2c1N. The van der Waals surface area contributed by atoms with Crippen LogP contribution in [0.5, 0.6) is 0 Å². The third-order valence-electron chi connectivity index (χ3n) is 3.69. The largest absolute Gasteiger partial charge is 0.397 e. The number of rotatable bonds is 1. The lowest BCUT2D eigenvalue weighted by Gasteiger charge is -2.15. The fourth-order valence-electron chi connectivity index (χ4n) is 2.41. The Kier molecular flexibility index (Phi) is 2.64. The van der Waals surface area contributed by atoms with Crippen LogP contribution < -0.4 is 5.73 Å². The lowest BCUT2D eigenvalue weighted by molar-refractivity contribution is 0.758. The van der Waals surface area contributed by atoms with E-state index in [0.29, 0.717) is 5.92 Å². The van der Waals surface area contributed by atoms with Gasteiger partial charge in [0.05, 0.1) is 16.9 Å². The molecule has 0 aliphatic heterocycles. The van der Waals surface area contributed by atoms with Crippen molar-refractivity contribution in [2.75, 3.05) is 5.73 Å². The molecule has 0 aliphatic carbocycles. The maximum Gasteiger partial charge on any atom is 0.116 e. The molecule has 0 spiro atoms. The first kappa shape index (κ1) is 12.0. The molecule has 0 fully saturated rings. The molecular formula is C14H21N3. The van der Waals surface area contributed by atoms with Gasteiger partial charge in [-0.1, -0.05) is 13.8 Å². The van der Waals surface area contributed by atoms with Crippen LogP contribution in [0.2, 0.25) is 0 Å². The Hall–Kier alpha value is -1.51. The quantitative estimate of drug-likeness (QED) is 0.818. The van der Waals surface area contributed by atoms with E-state index in [9.17, 15) is 0 Å². The van der Waals surface area contributed by atoms with Crippen LogP contribution in [0.25, 0.3) is 5.52 Å². The average molecular weight is 231 g/mol. The minimum absolute atomic E-state index is 0.399. The van der Waals surface area contributed by atoms with Gasteiger partial charge in [0.25, 0.3) is 0 Å². The highest BCUT2D eigenvalue weighted by molar-refractivity contribution is 5.77. The van der Waals surface area contributed by atoms with Crippen LogP contribution in [0, 0.1) is 27.7 Å². The zero-order valence-electron chi connectivity index (χ0n) is 11.5. The number of aryl methyl sites for hydroxylation is 2. The van der Waals surface area contributed by atoms with Gasteiger partial charge in [0, 0.05) is 11.6 Å². The molecule has 0 aliphatic rings. The summed E-state index contributed by atoms with van der Waals surface area (Å²) in [5.41, 5.74) is 12.9. The Bertz CT molecular complexity index is 592. The predicted octanol–water partition coefficient (Wildman–Crippen LogP) is 3.27. The van der Waals surface area contributed by atoms with Crippen molar-refractivity contribution in [1.82, 2.24) is 9.38 Å². The molecule has 92 valence electrons. The van der Waals surface area contributed by atoms with Crippen molar-refractivity contribution in [2.24, 2.45) is 0 Å². The first-order chi connectivity index (χ1) is 7.86. The number of anilines is 1. The second kappa shape index (κ2) is 3.76. The summed E-state index contributed by atoms with van der Waals surface area (Å²) in [5.74, 6) is 1.50. The maximum atomic E-state index is 6.24. The normalized spacial score (nSPS) is 11.7. The summed E-state index contributed by atoms with van der Waals surface area (Å²) >= 11 is 0. The Morgan fingerprint density at radius 2 is 1.65 bits per heavy atom. The minimum Gasteiger partial charge on any atom is -0.397 e. The molecule has 2 aromatic rings. The molecule has 0 bridgehead atoms. The molecular weight excluding hydrogens is 210 g/mol. The molecule has 3 nitrogen and oxygen atoms in total. The van der Waals surface area contributed by atoms with Crippen molar-refractivity contribution in [3.63, 3.8) is 0 Å². The maximum absolute atomic E-state index is 6.24. The molecule has 0 aromatic carbocycles. The van der Waals surface area contributed by atoms with Gasteiger partial charge in [-0.25, -0.2) is 4.98 Å². The van der Waals surface area contributed by atoms with E-state index in [2.05, 4.69) is 44.0 Å². The summed E-state index contributed by atoms with van der Waals surface area (Å²) in [6.07, 6.45) is 0. The van der Waals surface area contributed by atoms with Crippen molar-refractivity contribution in [1.29, 1.82) is 0 Å². The molecule has 17 heavy (non-hydrogen) atoms. The minimum atomic E-state index is 0.399. The number of nitrogen functional groups attached to an aromatic ring is 1. The molecule has 0 radical (unpaired) electrons. The molecule has 2 heterocycles. The number of hydrogen-bond acceptors (Lipinski definition) is 2. The molecule has 2 aromatic heterocycles. The highest BCUT2D eigenvalue weighted by Gasteiger charge is 2.18. The van der Waals surface area contributed by atoms with Gasteiger partial charge >= 0.3 is 0 Å². The van der Waals surface area contributed by atoms with Gasteiger partial charge < -0.3 is 5.73 Å². The zero-order valence-corrected chi connectivity index (χ0v) is 11.5. The summed E-state index contributed by atoms with van der Waals surface area (Å²) in [6.45, 7) is 12.7. The molecule has 0 unspecified atom stereocenters. The van der Waals surface area contributed by atoms with Crippen LogP contribution >= 0.6 is 0 Å². The van der Waals surface area contributed by atoms with Gasteiger partial charge in [0.15, 0.2) is 0 Å². The predicted molar refractivity (Wildman–Crippen MR) is 72.6 cm³/mol. The third kappa shape index (κ3) is 1.53. The molecule has 2 N–H and O–H groups in total. The summed E-state index contributed by atoms with van der Waals surface area (Å²) < 4.78 is 2.22. The Morgan fingerprint density at radius 1 is 1.06 bits per heavy atom. The van der Waals surface area contributed by atoms with Crippen molar-refractivity contribution in [3.8, 4) is 0 Å². The Balaban J connectivity index is 3.03. The number of nitrogens with zero attached hydrogens (tertiary/aromatic N) is 2. The summed E-state index contributed by atoms with van der Waals surface area (Å²) in [4.78, 5) is 4.68. The number of fused-ring (bicyclic) bond motifs is 1. The van der Waals surface area contributed by atoms with Gasteiger partial charge in [0.2, 0.25) is 0 Å². The lowest BCUT2D eigenvalue weighted by atomic mass is 10.1. The number of hydrogen-bond donors (Lipinski definition) is 1. The third-order valence-corrected chi connectivity index (χ3v) is 3.69. The van der Waals surface area contributed by atoms with Crippen LogP contribution in [-0.2, 0) is 0 Å². The summed E-state index contributed by atoms with van der Waals surface area (Å²) in [6, 6.07) is 0. The molecule has 0 saturated heterocycles. The fraction of sp³-hybridized carbons (Fsp3) is 0.500. The molecule has 3 heteroatoms. The van der Waals surface area contributed by atoms with Crippen LogP contribution in [0.4, 0.5) is 5.69 Å². The fourth-order valence-corrected chi connectivity index (χ4v) is 2.41. The molecule has 0 atom stereocenters. The van der Waals surface area contributed by atoms with Gasteiger partial charge in [0.1, 0.15) is 5.82 Å². The molecule has 2 rings (SSSR count). The smallest absolute Gasteiger partial charge is 0.116 e. The molecule has 0 saturated carbocycles. The van der Waals surface area contributed by atoms with Crippen molar-refractivity contribution >= 4 is 11.2 Å². The lowest BCUT2D eigenvalue weighted by Crippen LogP contribution is -2.06. The van der Waals surface area contributed by atoms with Gasteiger partial charge in [-0.3, -0.25) is 4.40 Å². The van der Waals surface area contributed by atoms with Crippen molar-refractivity contribution < 1.29 is 0 Å². The zero-order chi connectivity index (χ0) is 12.9. The number of aromatic nitrogens is 2. The van der Waals surface area contributed by atoms with Crippen LogP contribution in [0.3, 0.4) is 0 Å². The topological polar surface area (TPSA) is 43.3 Å². The van der Waals surface area contributed by atoms with Crippen molar-refractivity contribution in [2.45, 2.75) is 47.5 Å². The van der Waals surface area contributed by atoms with Crippen molar-refractivity contribution in [3.05, 3.63) is 28.3 Å².